The Kier molecular flexibility index (Phi) is 12.5. The van der Waals surface area contributed by atoms with Crippen LogP contribution in [0.4, 0.5) is 0 Å². The Morgan fingerprint density at radius 3 is 2.44 bits per heavy atom. The molecule has 0 aromatic carbocycles. The SMILES string of the molecule is CC=CCCCCCC(CCC)OCCC. The minimum atomic E-state index is 0.520. The molecule has 0 saturated heterocycles. The van der Waals surface area contributed by atoms with Gasteiger partial charge in [-0.3, -0.25) is 0 Å². The Bertz CT molecular complexity index is 152. The molecule has 0 N–H and O–H groups in total. The first-order valence-electron chi connectivity index (χ1n) is 7.07. The Hall–Kier alpha value is -0.300. The lowest BCUT2D eigenvalue weighted by atomic mass is 10.1. The van der Waals surface area contributed by atoms with E-state index in [0.717, 1.165) is 13.0 Å². The van der Waals surface area contributed by atoms with Crippen LogP contribution in [0.25, 0.3) is 0 Å². The fourth-order valence-corrected chi connectivity index (χ4v) is 1.90. The van der Waals surface area contributed by atoms with E-state index in [1.165, 1.54) is 44.9 Å². The molecule has 96 valence electrons. The molecule has 0 aliphatic rings. The second-order valence-corrected chi connectivity index (χ2v) is 4.49. The average molecular weight is 226 g/mol. The van der Waals surface area contributed by atoms with Crippen LogP contribution in [0.1, 0.15) is 72.1 Å². The summed E-state index contributed by atoms with van der Waals surface area (Å²) in [6.07, 6.45) is 15.0. The molecule has 0 aromatic heterocycles. The molecule has 0 rings (SSSR count). The number of allylic oxidation sites excluding steroid dienone is 2. The molecule has 1 atom stereocenters. The van der Waals surface area contributed by atoms with E-state index < -0.39 is 0 Å². The second kappa shape index (κ2) is 12.8. The largest absolute Gasteiger partial charge is 0.378 e. The van der Waals surface area contributed by atoms with Gasteiger partial charge < -0.3 is 4.74 Å². The third-order valence-corrected chi connectivity index (χ3v) is 2.80. The highest BCUT2D eigenvalue weighted by Gasteiger charge is 2.06. The van der Waals surface area contributed by atoms with Crippen molar-refractivity contribution in [3.8, 4) is 0 Å². The number of rotatable bonds is 11. The Labute approximate surface area is 102 Å². The zero-order valence-electron chi connectivity index (χ0n) is 11.5. The van der Waals surface area contributed by atoms with Crippen molar-refractivity contribution in [2.45, 2.75) is 78.2 Å². The summed E-state index contributed by atoms with van der Waals surface area (Å²) >= 11 is 0. The molecule has 0 aromatic rings. The maximum atomic E-state index is 5.85. The van der Waals surface area contributed by atoms with Gasteiger partial charge in [0.15, 0.2) is 0 Å². The zero-order chi connectivity index (χ0) is 12.1. The fraction of sp³-hybridized carbons (Fsp3) is 0.867. The van der Waals surface area contributed by atoms with Gasteiger partial charge >= 0.3 is 0 Å². The van der Waals surface area contributed by atoms with Crippen LogP contribution in [0.15, 0.2) is 12.2 Å². The lowest BCUT2D eigenvalue weighted by molar-refractivity contribution is 0.0399. The van der Waals surface area contributed by atoms with Crippen LogP contribution in [0.3, 0.4) is 0 Å². The van der Waals surface area contributed by atoms with Crippen molar-refractivity contribution in [2.24, 2.45) is 0 Å². The van der Waals surface area contributed by atoms with Gasteiger partial charge in [-0.15, -0.1) is 0 Å². The van der Waals surface area contributed by atoms with E-state index in [4.69, 9.17) is 4.74 Å². The topological polar surface area (TPSA) is 9.23 Å². The third-order valence-electron chi connectivity index (χ3n) is 2.80. The quantitative estimate of drug-likeness (QED) is 0.351. The highest BCUT2D eigenvalue weighted by molar-refractivity contribution is 4.76. The first-order valence-corrected chi connectivity index (χ1v) is 7.07. The van der Waals surface area contributed by atoms with Crippen LogP contribution >= 0.6 is 0 Å². The maximum absolute atomic E-state index is 5.85. The molecule has 0 amide bonds. The molecule has 0 heterocycles. The molecule has 0 fully saturated rings. The molecular formula is C15H30O. The van der Waals surface area contributed by atoms with Gasteiger partial charge in [0, 0.05) is 6.61 Å². The van der Waals surface area contributed by atoms with E-state index in [1.54, 1.807) is 0 Å². The smallest absolute Gasteiger partial charge is 0.0575 e. The van der Waals surface area contributed by atoms with Crippen LogP contribution in [0.5, 0.6) is 0 Å². The summed E-state index contributed by atoms with van der Waals surface area (Å²) in [4.78, 5) is 0. The standard InChI is InChI=1S/C15H30O/c1-4-7-8-9-10-11-13-15(12-5-2)16-14-6-3/h4,7,15H,5-6,8-14H2,1-3H3. The summed E-state index contributed by atoms with van der Waals surface area (Å²) in [6.45, 7) is 7.45. The first kappa shape index (κ1) is 15.7. The number of hydrogen-bond donors (Lipinski definition) is 0. The van der Waals surface area contributed by atoms with E-state index in [0.29, 0.717) is 6.10 Å². The van der Waals surface area contributed by atoms with Gasteiger partial charge in [-0.1, -0.05) is 45.3 Å². The van der Waals surface area contributed by atoms with Crippen molar-refractivity contribution in [3.05, 3.63) is 12.2 Å². The summed E-state index contributed by atoms with van der Waals surface area (Å²) in [7, 11) is 0. The normalized spacial score (nSPS) is 13.4. The van der Waals surface area contributed by atoms with Crippen LogP contribution < -0.4 is 0 Å². The molecule has 0 radical (unpaired) electrons. The predicted molar refractivity (Wildman–Crippen MR) is 72.8 cm³/mol. The van der Waals surface area contributed by atoms with E-state index in [1.807, 2.05) is 0 Å². The summed E-state index contributed by atoms with van der Waals surface area (Å²) in [5.74, 6) is 0. The molecule has 0 aliphatic carbocycles. The molecule has 16 heavy (non-hydrogen) atoms. The highest BCUT2D eigenvalue weighted by atomic mass is 16.5. The van der Waals surface area contributed by atoms with Crippen LogP contribution in [0, 0.1) is 0 Å². The molecule has 0 saturated carbocycles. The van der Waals surface area contributed by atoms with Crippen molar-refractivity contribution in [1.29, 1.82) is 0 Å². The van der Waals surface area contributed by atoms with Crippen LogP contribution in [0.2, 0.25) is 0 Å². The highest BCUT2D eigenvalue weighted by Crippen LogP contribution is 2.13. The van der Waals surface area contributed by atoms with Crippen molar-refractivity contribution in [2.75, 3.05) is 6.61 Å². The third kappa shape index (κ3) is 10.2. The van der Waals surface area contributed by atoms with Gasteiger partial charge in [0.2, 0.25) is 0 Å². The van der Waals surface area contributed by atoms with Gasteiger partial charge in [-0.05, 0) is 39.0 Å². The van der Waals surface area contributed by atoms with Gasteiger partial charge in [0.1, 0.15) is 0 Å². The summed E-state index contributed by atoms with van der Waals surface area (Å²) < 4.78 is 5.85. The van der Waals surface area contributed by atoms with Gasteiger partial charge in [0.25, 0.3) is 0 Å². The predicted octanol–water partition coefficient (Wildman–Crippen LogP) is 5.11. The zero-order valence-corrected chi connectivity index (χ0v) is 11.5. The monoisotopic (exact) mass is 226 g/mol. The molecule has 1 heteroatoms. The van der Waals surface area contributed by atoms with E-state index in [2.05, 4.69) is 32.9 Å². The molecule has 1 unspecified atom stereocenters. The first-order chi connectivity index (χ1) is 7.85. The molecule has 0 aliphatic heterocycles. The van der Waals surface area contributed by atoms with E-state index in [-0.39, 0.29) is 0 Å². The fourth-order valence-electron chi connectivity index (χ4n) is 1.90. The summed E-state index contributed by atoms with van der Waals surface area (Å²) in [5.41, 5.74) is 0. The second-order valence-electron chi connectivity index (χ2n) is 4.49. The molecule has 1 nitrogen and oxygen atoms in total. The number of unbranched alkanes of at least 4 members (excludes halogenated alkanes) is 3. The summed E-state index contributed by atoms with van der Waals surface area (Å²) in [5, 5.41) is 0. The molecular weight excluding hydrogens is 196 g/mol. The van der Waals surface area contributed by atoms with Gasteiger partial charge in [0.05, 0.1) is 6.10 Å². The average Bonchev–Trinajstić information content (AvgIpc) is 2.30. The lowest BCUT2D eigenvalue weighted by Crippen LogP contribution is -2.13. The van der Waals surface area contributed by atoms with E-state index >= 15 is 0 Å². The lowest BCUT2D eigenvalue weighted by Gasteiger charge is -2.16. The van der Waals surface area contributed by atoms with Crippen LogP contribution in [-0.2, 0) is 4.74 Å². The van der Waals surface area contributed by atoms with Crippen molar-refractivity contribution >= 4 is 0 Å². The molecule has 0 spiro atoms. The Morgan fingerprint density at radius 2 is 1.81 bits per heavy atom. The Balaban J connectivity index is 3.43. The van der Waals surface area contributed by atoms with Gasteiger partial charge in [-0.25, -0.2) is 0 Å². The van der Waals surface area contributed by atoms with Gasteiger partial charge in [-0.2, -0.15) is 0 Å². The number of ether oxygens (including phenoxy) is 1. The van der Waals surface area contributed by atoms with Crippen molar-refractivity contribution in [3.63, 3.8) is 0 Å². The summed E-state index contributed by atoms with van der Waals surface area (Å²) in [6, 6.07) is 0. The minimum Gasteiger partial charge on any atom is -0.378 e. The minimum absolute atomic E-state index is 0.520. The van der Waals surface area contributed by atoms with E-state index in [9.17, 15) is 0 Å². The molecule has 0 bridgehead atoms. The number of hydrogen-bond acceptors (Lipinski definition) is 1. The van der Waals surface area contributed by atoms with Crippen LogP contribution in [-0.4, -0.2) is 12.7 Å². The maximum Gasteiger partial charge on any atom is 0.0575 e. The van der Waals surface area contributed by atoms with Crippen molar-refractivity contribution < 1.29 is 4.74 Å². The van der Waals surface area contributed by atoms with Crippen molar-refractivity contribution in [1.82, 2.24) is 0 Å². The Morgan fingerprint density at radius 1 is 1.00 bits per heavy atom.